The lowest BCUT2D eigenvalue weighted by atomic mass is 9.99. The van der Waals surface area contributed by atoms with Gasteiger partial charge < -0.3 is 31.3 Å². The van der Waals surface area contributed by atoms with Gasteiger partial charge in [0.25, 0.3) is 5.91 Å². The van der Waals surface area contributed by atoms with Crippen molar-refractivity contribution in [2.24, 2.45) is 11.7 Å². The van der Waals surface area contributed by atoms with Gasteiger partial charge in [0.1, 0.15) is 35.7 Å². The smallest absolute Gasteiger partial charge is 0.252 e. The van der Waals surface area contributed by atoms with Gasteiger partial charge in [0, 0.05) is 24.9 Å². The lowest BCUT2D eigenvalue weighted by Gasteiger charge is -2.30. The number of benzene rings is 3. The van der Waals surface area contributed by atoms with Gasteiger partial charge >= 0.3 is 0 Å². The molecule has 11 nitrogen and oxygen atoms in total. The molecule has 11 heteroatoms. The predicted molar refractivity (Wildman–Crippen MR) is 175 cm³/mol. The minimum atomic E-state index is -1.03. The second kappa shape index (κ2) is 14.9. The molecule has 246 valence electrons. The van der Waals surface area contributed by atoms with Gasteiger partial charge in [0.2, 0.25) is 23.6 Å². The first-order valence-corrected chi connectivity index (χ1v) is 16.0. The SMILES string of the molecule is CC(C)C[C@@H]1NC(=O)[C@@H](Cc2ccccc2)NC(=O)c2cccc(c2)Oc2ccc(cc2)C[C@@H](C(=O)N2CCC[C@H]2C(N)=O)NC1=O. The number of fused-ring (bicyclic) bond motifs is 11. The molecule has 4 bridgehead atoms. The van der Waals surface area contributed by atoms with E-state index in [-0.39, 0.29) is 25.2 Å². The van der Waals surface area contributed by atoms with E-state index in [4.69, 9.17) is 10.5 Å². The Labute approximate surface area is 274 Å². The zero-order valence-corrected chi connectivity index (χ0v) is 26.6. The number of nitrogens with two attached hydrogens (primary N) is 1. The van der Waals surface area contributed by atoms with Gasteiger partial charge in [-0.1, -0.05) is 62.4 Å². The molecule has 3 aromatic rings. The summed E-state index contributed by atoms with van der Waals surface area (Å²) in [5, 5.41) is 8.59. The van der Waals surface area contributed by atoms with Crippen LogP contribution in [0.2, 0.25) is 0 Å². The molecule has 3 aliphatic rings. The van der Waals surface area contributed by atoms with Crippen LogP contribution >= 0.6 is 0 Å². The lowest BCUT2D eigenvalue weighted by Crippen LogP contribution is -2.59. The van der Waals surface area contributed by atoms with E-state index in [2.05, 4.69) is 16.0 Å². The zero-order valence-electron chi connectivity index (χ0n) is 26.6. The fourth-order valence-corrected chi connectivity index (χ4v) is 6.04. The summed E-state index contributed by atoms with van der Waals surface area (Å²) in [5.74, 6) is -1.63. The number of carbonyl (C=O) groups is 5. The second-order valence-corrected chi connectivity index (χ2v) is 12.5. The number of carbonyl (C=O) groups excluding carboxylic acids is 5. The minimum absolute atomic E-state index is 0.00772. The Balaban J connectivity index is 1.52. The van der Waals surface area contributed by atoms with Crippen LogP contribution in [0.25, 0.3) is 0 Å². The molecule has 5 N–H and O–H groups in total. The van der Waals surface area contributed by atoms with Crippen molar-refractivity contribution >= 4 is 29.5 Å². The van der Waals surface area contributed by atoms with E-state index in [0.717, 1.165) is 11.1 Å². The monoisotopic (exact) mass is 639 g/mol. The van der Waals surface area contributed by atoms with Crippen LogP contribution in [0.3, 0.4) is 0 Å². The average molecular weight is 640 g/mol. The van der Waals surface area contributed by atoms with Crippen LogP contribution in [0.5, 0.6) is 11.5 Å². The Bertz CT molecular complexity index is 1610. The number of rotatable bonds is 6. The first kappa shape index (κ1) is 33.2. The van der Waals surface area contributed by atoms with Gasteiger partial charge in [-0.25, -0.2) is 0 Å². The first-order valence-electron chi connectivity index (χ1n) is 16.0. The number of hydrogen-bond acceptors (Lipinski definition) is 6. The summed E-state index contributed by atoms with van der Waals surface area (Å²) in [6, 6.07) is 19.2. The number of ether oxygens (including phenoxy) is 1. The highest BCUT2D eigenvalue weighted by molar-refractivity contribution is 5.99. The molecule has 1 fully saturated rings. The summed E-state index contributed by atoms with van der Waals surface area (Å²) in [5.41, 5.74) is 7.49. The van der Waals surface area contributed by atoms with Crippen LogP contribution < -0.4 is 26.4 Å². The number of nitrogens with zero attached hydrogens (tertiary/aromatic N) is 1. The molecule has 3 heterocycles. The Morgan fingerprint density at radius 3 is 2.30 bits per heavy atom. The van der Waals surface area contributed by atoms with Gasteiger partial charge in [-0.2, -0.15) is 0 Å². The molecule has 47 heavy (non-hydrogen) atoms. The van der Waals surface area contributed by atoms with Gasteiger partial charge in [0.05, 0.1) is 0 Å². The third kappa shape index (κ3) is 8.55. The van der Waals surface area contributed by atoms with Crippen LogP contribution in [0, 0.1) is 5.92 Å². The van der Waals surface area contributed by atoms with Crippen molar-refractivity contribution < 1.29 is 28.7 Å². The van der Waals surface area contributed by atoms with Crippen molar-refractivity contribution in [2.45, 2.75) is 70.1 Å². The largest absolute Gasteiger partial charge is 0.457 e. The second-order valence-electron chi connectivity index (χ2n) is 12.5. The summed E-state index contributed by atoms with van der Waals surface area (Å²) in [4.78, 5) is 68.8. The minimum Gasteiger partial charge on any atom is -0.457 e. The molecule has 0 saturated carbocycles. The quantitative estimate of drug-likeness (QED) is 0.304. The van der Waals surface area contributed by atoms with E-state index in [9.17, 15) is 24.0 Å². The Hall–Kier alpha value is -5.19. The summed E-state index contributed by atoms with van der Waals surface area (Å²) in [7, 11) is 0. The maximum absolute atomic E-state index is 13.9. The van der Waals surface area contributed by atoms with Gasteiger partial charge in [0.15, 0.2) is 0 Å². The van der Waals surface area contributed by atoms with Crippen molar-refractivity contribution in [2.75, 3.05) is 6.54 Å². The highest BCUT2D eigenvalue weighted by Gasteiger charge is 2.38. The van der Waals surface area contributed by atoms with Crippen molar-refractivity contribution in [3.8, 4) is 11.5 Å². The van der Waals surface area contributed by atoms with Gasteiger partial charge in [-0.15, -0.1) is 0 Å². The summed E-state index contributed by atoms with van der Waals surface area (Å²) >= 11 is 0. The summed E-state index contributed by atoms with van der Waals surface area (Å²) < 4.78 is 6.02. The molecule has 3 aromatic carbocycles. The highest BCUT2D eigenvalue weighted by Crippen LogP contribution is 2.25. The first-order chi connectivity index (χ1) is 22.6. The number of primary amides is 1. The average Bonchev–Trinajstić information content (AvgIpc) is 3.55. The van der Waals surface area contributed by atoms with E-state index in [1.165, 1.54) is 4.90 Å². The molecule has 1 saturated heterocycles. The summed E-state index contributed by atoms with van der Waals surface area (Å²) in [6.45, 7) is 4.20. The topological polar surface area (TPSA) is 160 Å². The van der Waals surface area contributed by atoms with Crippen LogP contribution in [0.1, 0.15) is 54.6 Å². The fourth-order valence-electron chi connectivity index (χ4n) is 6.04. The molecule has 5 amide bonds. The molecular formula is C36H41N5O6. The Morgan fingerprint density at radius 2 is 1.60 bits per heavy atom. The van der Waals surface area contributed by atoms with Crippen molar-refractivity contribution in [3.63, 3.8) is 0 Å². The Morgan fingerprint density at radius 1 is 0.872 bits per heavy atom. The van der Waals surface area contributed by atoms with Crippen molar-refractivity contribution in [1.82, 2.24) is 20.9 Å². The third-order valence-corrected chi connectivity index (χ3v) is 8.42. The molecule has 6 rings (SSSR count). The fraction of sp³-hybridized carbons (Fsp3) is 0.361. The van der Waals surface area contributed by atoms with E-state index in [1.54, 1.807) is 48.5 Å². The van der Waals surface area contributed by atoms with Crippen molar-refractivity contribution in [1.29, 1.82) is 0 Å². The van der Waals surface area contributed by atoms with E-state index in [1.807, 2.05) is 44.2 Å². The van der Waals surface area contributed by atoms with E-state index >= 15 is 0 Å². The van der Waals surface area contributed by atoms with Crippen LogP contribution in [0.4, 0.5) is 0 Å². The van der Waals surface area contributed by atoms with Crippen molar-refractivity contribution in [3.05, 3.63) is 95.6 Å². The molecule has 0 spiro atoms. The third-order valence-electron chi connectivity index (χ3n) is 8.42. The van der Waals surface area contributed by atoms with Crippen LogP contribution in [-0.4, -0.2) is 65.1 Å². The van der Waals surface area contributed by atoms with E-state index in [0.29, 0.717) is 36.4 Å². The number of amides is 5. The predicted octanol–water partition coefficient (Wildman–Crippen LogP) is 2.87. The van der Waals surface area contributed by atoms with E-state index < -0.39 is 53.7 Å². The molecular weight excluding hydrogens is 598 g/mol. The van der Waals surface area contributed by atoms with Gasteiger partial charge in [-0.05, 0) is 66.6 Å². The van der Waals surface area contributed by atoms with Gasteiger partial charge in [-0.3, -0.25) is 24.0 Å². The number of nitrogens with one attached hydrogen (secondary N) is 3. The summed E-state index contributed by atoms with van der Waals surface area (Å²) in [6.07, 6.45) is 1.67. The molecule has 3 aliphatic heterocycles. The van der Waals surface area contributed by atoms with Crippen LogP contribution in [0.15, 0.2) is 78.9 Å². The highest BCUT2D eigenvalue weighted by atomic mass is 16.5. The normalized spacial score (nSPS) is 22.0. The van der Waals surface area contributed by atoms with Crippen LogP contribution in [-0.2, 0) is 32.0 Å². The molecule has 4 atom stereocenters. The molecule has 0 radical (unpaired) electrons. The Kier molecular flexibility index (Phi) is 10.5. The zero-order chi connectivity index (χ0) is 33.5. The standard InChI is InChI=1S/C36H41N5O6/c1-22(2)18-28-34(44)40-30(36(46)41-17-7-12-31(41)32(37)42)20-24-13-15-26(16-14-24)47-27-11-6-10-25(21-27)33(43)38-29(35(45)39-28)19-23-8-4-3-5-9-23/h3-6,8-11,13-16,21-22,28-31H,7,12,17-20H2,1-2H3,(H2,37,42)(H,38,43)(H,39,45)(H,40,44)/t28-,29+,30-,31-/m0/s1. The molecule has 0 aliphatic carbocycles. The molecule has 0 unspecified atom stereocenters. The maximum Gasteiger partial charge on any atom is 0.252 e. The lowest BCUT2D eigenvalue weighted by molar-refractivity contribution is -0.141. The number of hydrogen-bond donors (Lipinski definition) is 4. The number of likely N-dealkylation sites (tertiary alicyclic amines) is 1. The maximum atomic E-state index is 13.9. The molecule has 0 aromatic heterocycles.